The summed E-state index contributed by atoms with van der Waals surface area (Å²) in [5.41, 5.74) is 2.28. The Morgan fingerprint density at radius 3 is 2.50 bits per heavy atom. The van der Waals surface area contributed by atoms with Gasteiger partial charge in [0.25, 0.3) is 5.91 Å². The monoisotopic (exact) mass is 421 g/mol. The highest BCUT2D eigenvalue weighted by Gasteiger charge is 2.17. The van der Waals surface area contributed by atoms with E-state index in [4.69, 9.17) is 9.47 Å². The number of thiophene rings is 1. The molecule has 0 aliphatic carbocycles. The number of esters is 1. The maximum absolute atomic E-state index is 12.7. The predicted molar refractivity (Wildman–Crippen MR) is 119 cm³/mol. The fourth-order valence-electron chi connectivity index (χ4n) is 2.60. The van der Waals surface area contributed by atoms with Gasteiger partial charge >= 0.3 is 5.97 Å². The van der Waals surface area contributed by atoms with Crippen LogP contribution in [0.5, 0.6) is 5.75 Å². The molecule has 3 aromatic rings. The molecule has 1 heterocycles. The van der Waals surface area contributed by atoms with Gasteiger partial charge in [-0.1, -0.05) is 48.5 Å². The molecule has 0 atom stereocenters. The molecule has 1 aromatic heterocycles. The number of rotatable bonds is 8. The van der Waals surface area contributed by atoms with E-state index in [9.17, 15) is 9.59 Å². The van der Waals surface area contributed by atoms with Gasteiger partial charge in [0.1, 0.15) is 12.4 Å². The van der Waals surface area contributed by atoms with Crippen molar-refractivity contribution in [1.29, 1.82) is 0 Å². The molecular formula is C24H23NO4S. The number of hydrogen-bond acceptors (Lipinski definition) is 5. The lowest BCUT2D eigenvalue weighted by molar-refractivity contribution is -0.146. The van der Waals surface area contributed by atoms with Gasteiger partial charge < -0.3 is 14.4 Å². The number of carbonyl (C=O) groups excluding carboxylic acids is 2. The summed E-state index contributed by atoms with van der Waals surface area (Å²) in [7, 11) is 3.24. The van der Waals surface area contributed by atoms with Crippen LogP contribution in [0, 0.1) is 0 Å². The highest BCUT2D eigenvalue weighted by Crippen LogP contribution is 2.26. The summed E-state index contributed by atoms with van der Waals surface area (Å²) in [5, 5.41) is 1.89. The largest absolute Gasteiger partial charge is 0.489 e. The summed E-state index contributed by atoms with van der Waals surface area (Å²) in [5.74, 6) is -0.109. The zero-order chi connectivity index (χ0) is 21.3. The Balaban J connectivity index is 1.77. The number of benzene rings is 2. The van der Waals surface area contributed by atoms with E-state index in [2.05, 4.69) is 0 Å². The van der Waals surface area contributed by atoms with Gasteiger partial charge in [-0.15, -0.1) is 11.3 Å². The van der Waals surface area contributed by atoms with E-state index in [1.165, 1.54) is 16.2 Å². The molecule has 3 rings (SSSR count). The Morgan fingerprint density at radius 2 is 1.80 bits per heavy atom. The first-order chi connectivity index (χ1) is 14.5. The van der Waals surface area contributed by atoms with Crippen LogP contribution in [0.2, 0.25) is 0 Å². The standard InChI is InChI=1S/C24H23NO4S/c1-25(2)23(26)17-29-24(27)21(22-12-7-13-30-22)15-19-10-6-11-20(14-19)28-16-18-8-4-3-5-9-18/h3-15H,16-17H2,1-2H3/b21-15+. The van der Waals surface area contributed by atoms with Crippen molar-refractivity contribution >= 4 is 34.9 Å². The SMILES string of the molecule is CN(C)C(=O)COC(=O)/C(=C/c1cccc(OCc2ccccc2)c1)c1cccs1. The van der Waals surface area contributed by atoms with Crippen LogP contribution < -0.4 is 4.74 Å². The topological polar surface area (TPSA) is 55.8 Å². The van der Waals surface area contributed by atoms with Gasteiger partial charge in [-0.05, 0) is 40.8 Å². The molecule has 154 valence electrons. The maximum Gasteiger partial charge on any atom is 0.340 e. The minimum absolute atomic E-state index is 0.273. The third-order valence-electron chi connectivity index (χ3n) is 4.25. The van der Waals surface area contributed by atoms with Crippen molar-refractivity contribution in [1.82, 2.24) is 4.90 Å². The molecule has 0 saturated carbocycles. The minimum atomic E-state index is -0.539. The van der Waals surface area contributed by atoms with Gasteiger partial charge in [0.2, 0.25) is 0 Å². The van der Waals surface area contributed by atoms with Crippen molar-refractivity contribution in [3.63, 3.8) is 0 Å². The number of nitrogens with zero attached hydrogens (tertiary/aromatic N) is 1. The van der Waals surface area contributed by atoms with Crippen LogP contribution in [0.15, 0.2) is 72.1 Å². The van der Waals surface area contributed by atoms with E-state index in [0.717, 1.165) is 16.0 Å². The molecule has 0 aliphatic rings. The van der Waals surface area contributed by atoms with Crippen LogP contribution in [0.1, 0.15) is 16.0 Å². The van der Waals surface area contributed by atoms with Gasteiger partial charge in [-0.3, -0.25) is 4.79 Å². The third kappa shape index (κ3) is 6.06. The Bertz CT molecular complexity index is 1010. The number of ether oxygens (including phenoxy) is 2. The molecule has 2 aromatic carbocycles. The molecule has 1 amide bonds. The average molecular weight is 422 g/mol. The van der Waals surface area contributed by atoms with E-state index in [0.29, 0.717) is 17.9 Å². The lowest BCUT2D eigenvalue weighted by atomic mass is 10.1. The van der Waals surface area contributed by atoms with Crippen LogP contribution in [-0.2, 0) is 20.9 Å². The lowest BCUT2D eigenvalue weighted by Crippen LogP contribution is -2.27. The van der Waals surface area contributed by atoms with Crippen LogP contribution >= 0.6 is 11.3 Å². The van der Waals surface area contributed by atoms with Gasteiger partial charge in [0.05, 0.1) is 5.57 Å². The van der Waals surface area contributed by atoms with E-state index >= 15 is 0 Å². The summed E-state index contributed by atoms with van der Waals surface area (Å²) in [4.78, 5) is 26.6. The van der Waals surface area contributed by atoms with Crippen molar-refractivity contribution in [3.8, 4) is 5.75 Å². The molecule has 0 radical (unpaired) electrons. The maximum atomic E-state index is 12.7. The van der Waals surface area contributed by atoms with E-state index in [-0.39, 0.29) is 12.5 Å². The van der Waals surface area contributed by atoms with Crippen LogP contribution in [0.4, 0.5) is 0 Å². The first-order valence-corrected chi connectivity index (χ1v) is 10.3. The Hall–Kier alpha value is -3.38. The summed E-state index contributed by atoms with van der Waals surface area (Å²) >= 11 is 1.44. The molecule has 0 N–H and O–H groups in total. The molecule has 0 bridgehead atoms. The van der Waals surface area contributed by atoms with Crippen molar-refractivity contribution in [3.05, 3.63) is 88.1 Å². The summed E-state index contributed by atoms with van der Waals surface area (Å²) in [6, 6.07) is 21.1. The highest BCUT2D eigenvalue weighted by molar-refractivity contribution is 7.11. The Labute approximate surface area is 180 Å². The second-order valence-electron chi connectivity index (χ2n) is 6.75. The summed E-state index contributed by atoms with van der Waals surface area (Å²) in [6.07, 6.45) is 1.75. The quantitative estimate of drug-likeness (QED) is 0.397. The molecule has 6 heteroatoms. The fourth-order valence-corrected chi connectivity index (χ4v) is 3.33. The van der Waals surface area contributed by atoms with Gasteiger partial charge in [0, 0.05) is 19.0 Å². The number of hydrogen-bond donors (Lipinski definition) is 0. The molecule has 0 unspecified atom stereocenters. The first kappa shape index (κ1) is 21.3. The van der Waals surface area contributed by atoms with Gasteiger partial charge in [0.15, 0.2) is 6.61 Å². The van der Waals surface area contributed by atoms with Crippen molar-refractivity contribution in [2.75, 3.05) is 20.7 Å². The molecule has 30 heavy (non-hydrogen) atoms. The summed E-state index contributed by atoms with van der Waals surface area (Å²) < 4.78 is 11.1. The van der Waals surface area contributed by atoms with E-state index in [1.54, 1.807) is 20.2 Å². The molecule has 5 nitrogen and oxygen atoms in total. The molecular weight excluding hydrogens is 398 g/mol. The fraction of sp³-hybridized carbons (Fsp3) is 0.167. The van der Waals surface area contributed by atoms with Crippen LogP contribution in [0.25, 0.3) is 11.6 Å². The van der Waals surface area contributed by atoms with Crippen molar-refractivity contribution in [2.45, 2.75) is 6.61 Å². The molecule has 0 aliphatic heterocycles. The van der Waals surface area contributed by atoms with Gasteiger partial charge in [-0.25, -0.2) is 4.79 Å². The first-order valence-electron chi connectivity index (χ1n) is 9.42. The summed E-state index contributed by atoms with van der Waals surface area (Å²) in [6.45, 7) is 0.162. The normalized spacial score (nSPS) is 11.1. The van der Waals surface area contributed by atoms with Gasteiger partial charge in [-0.2, -0.15) is 0 Å². The number of likely N-dealkylation sites (N-methyl/N-ethyl adjacent to an activating group) is 1. The van der Waals surface area contributed by atoms with Crippen molar-refractivity contribution in [2.24, 2.45) is 0 Å². The average Bonchev–Trinajstić information content (AvgIpc) is 3.29. The zero-order valence-electron chi connectivity index (χ0n) is 16.9. The smallest absolute Gasteiger partial charge is 0.340 e. The second-order valence-corrected chi connectivity index (χ2v) is 7.69. The predicted octanol–water partition coefficient (Wildman–Crippen LogP) is 4.50. The van der Waals surface area contributed by atoms with Crippen molar-refractivity contribution < 1.29 is 19.1 Å². The van der Waals surface area contributed by atoms with E-state index < -0.39 is 5.97 Å². The zero-order valence-corrected chi connectivity index (χ0v) is 17.7. The molecule has 0 fully saturated rings. The highest BCUT2D eigenvalue weighted by atomic mass is 32.1. The molecule has 0 saturated heterocycles. The van der Waals surface area contributed by atoms with Crippen LogP contribution in [0.3, 0.4) is 0 Å². The second kappa shape index (κ2) is 10.4. The minimum Gasteiger partial charge on any atom is -0.489 e. The Kier molecular flexibility index (Phi) is 7.40. The lowest BCUT2D eigenvalue weighted by Gasteiger charge is -2.12. The van der Waals surface area contributed by atoms with E-state index in [1.807, 2.05) is 72.1 Å². The Morgan fingerprint density at radius 1 is 1.00 bits per heavy atom. The van der Waals surface area contributed by atoms with Crippen LogP contribution in [-0.4, -0.2) is 37.5 Å². The number of amides is 1. The third-order valence-corrected chi connectivity index (χ3v) is 5.15. The molecule has 0 spiro atoms. The number of carbonyl (C=O) groups is 2.